The molecular weight excluding hydrogens is 390 g/mol. The summed E-state index contributed by atoms with van der Waals surface area (Å²) in [4.78, 5) is 12.7. The van der Waals surface area contributed by atoms with Gasteiger partial charge in [0.2, 0.25) is 0 Å². The van der Waals surface area contributed by atoms with Gasteiger partial charge in [-0.1, -0.05) is 66.7 Å². The van der Waals surface area contributed by atoms with E-state index in [1.165, 1.54) is 7.11 Å². The van der Waals surface area contributed by atoms with Gasteiger partial charge in [-0.3, -0.25) is 4.79 Å². The highest BCUT2D eigenvalue weighted by atomic mass is 16.5. The number of nitrogens with one attached hydrogen (secondary N) is 1. The van der Waals surface area contributed by atoms with E-state index in [1.807, 2.05) is 60.7 Å². The standard InChI is InChI=1S/C24H19N5O2/c1-31-20-14-8-7-13-19(20)24(30)25-15-21-26-27-23-18-12-6-5-11-17(18)22(28-29(21)23)16-9-3-2-4-10-16/h2-14H,15H2,1H3,(H,25,30). The lowest BCUT2D eigenvalue weighted by Crippen LogP contribution is -2.24. The predicted octanol–water partition coefficient (Wildman–Crippen LogP) is 3.88. The van der Waals surface area contributed by atoms with Crippen molar-refractivity contribution in [1.29, 1.82) is 0 Å². The SMILES string of the molecule is COc1ccccc1C(=O)NCc1nnc2c3ccccc3c(-c3ccccc3)nn12. The predicted molar refractivity (Wildman–Crippen MR) is 118 cm³/mol. The number of hydrogen-bond acceptors (Lipinski definition) is 5. The van der Waals surface area contributed by atoms with Crippen molar-refractivity contribution in [1.82, 2.24) is 25.1 Å². The Kier molecular flexibility index (Phi) is 4.76. The molecule has 0 spiro atoms. The molecule has 0 radical (unpaired) electrons. The molecule has 3 aromatic carbocycles. The number of rotatable bonds is 5. The molecule has 0 aliphatic heterocycles. The topological polar surface area (TPSA) is 81.4 Å². The first-order chi connectivity index (χ1) is 15.3. The summed E-state index contributed by atoms with van der Waals surface area (Å²) in [5, 5.41) is 18.3. The van der Waals surface area contributed by atoms with Gasteiger partial charge in [0.1, 0.15) is 5.75 Å². The van der Waals surface area contributed by atoms with Gasteiger partial charge in [-0.15, -0.1) is 10.2 Å². The summed E-state index contributed by atoms with van der Waals surface area (Å²) in [5.41, 5.74) is 2.94. The highest BCUT2D eigenvalue weighted by Crippen LogP contribution is 2.28. The number of carbonyl (C=O) groups is 1. The number of hydrogen-bond donors (Lipinski definition) is 1. The number of fused-ring (bicyclic) bond motifs is 3. The summed E-state index contributed by atoms with van der Waals surface area (Å²) in [6.07, 6.45) is 0. The van der Waals surface area contributed by atoms with Gasteiger partial charge in [0.25, 0.3) is 5.91 Å². The lowest BCUT2D eigenvalue weighted by atomic mass is 10.1. The number of aromatic nitrogens is 4. The van der Waals surface area contributed by atoms with Gasteiger partial charge in [0.05, 0.1) is 24.9 Å². The van der Waals surface area contributed by atoms with Gasteiger partial charge in [-0.25, -0.2) is 0 Å². The molecule has 0 fully saturated rings. The van der Waals surface area contributed by atoms with Crippen molar-refractivity contribution < 1.29 is 9.53 Å². The first kappa shape index (κ1) is 18.7. The fourth-order valence-corrected chi connectivity index (χ4v) is 3.63. The van der Waals surface area contributed by atoms with Crippen LogP contribution in [0, 0.1) is 0 Å². The average molecular weight is 409 g/mol. The van der Waals surface area contributed by atoms with Crippen molar-refractivity contribution in [3.05, 3.63) is 90.3 Å². The number of carbonyl (C=O) groups excluding carboxylic acids is 1. The van der Waals surface area contributed by atoms with Crippen LogP contribution in [0.3, 0.4) is 0 Å². The molecule has 0 saturated carbocycles. The molecule has 0 aliphatic carbocycles. The van der Waals surface area contributed by atoms with E-state index in [-0.39, 0.29) is 12.5 Å². The first-order valence-corrected chi connectivity index (χ1v) is 9.86. The van der Waals surface area contributed by atoms with E-state index in [0.29, 0.717) is 22.8 Å². The summed E-state index contributed by atoms with van der Waals surface area (Å²) in [5.74, 6) is 0.807. The molecule has 7 heteroatoms. The second kappa shape index (κ2) is 7.87. The van der Waals surface area contributed by atoms with E-state index in [4.69, 9.17) is 9.84 Å². The largest absolute Gasteiger partial charge is 0.496 e. The van der Waals surface area contributed by atoms with Crippen molar-refractivity contribution in [2.75, 3.05) is 7.11 Å². The summed E-state index contributed by atoms with van der Waals surface area (Å²) in [7, 11) is 1.54. The minimum absolute atomic E-state index is 0.178. The van der Waals surface area contributed by atoms with Crippen LogP contribution in [0.25, 0.3) is 27.7 Å². The summed E-state index contributed by atoms with van der Waals surface area (Å²) < 4.78 is 6.98. The van der Waals surface area contributed by atoms with Crippen molar-refractivity contribution in [3.63, 3.8) is 0 Å². The molecule has 1 amide bonds. The summed E-state index contributed by atoms with van der Waals surface area (Å²) >= 11 is 0. The Morgan fingerprint density at radius 1 is 0.903 bits per heavy atom. The molecule has 5 rings (SSSR count). The van der Waals surface area contributed by atoms with Crippen molar-refractivity contribution >= 4 is 22.3 Å². The number of amides is 1. The van der Waals surface area contributed by atoms with Crippen LogP contribution in [-0.4, -0.2) is 32.8 Å². The maximum absolute atomic E-state index is 12.7. The van der Waals surface area contributed by atoms with Crippen LogP contribution < -0.4 is 10.1 Å². The van der Waals surface area contributed by atoms with Gasteiger partial charge in [0.15, 0.2) is 11.5 Å². The second-order valence-corrected chi connectivity index (χ2v) is 6.99. The molecule has 0 atom stereocenters. The van der Waals surface area contributed by atoms with Gasteiger partial charge in [-0.05, 0) is 12.1 Å². The van der Waals surface area contributed by atoms with Crippen LogP contribution in [-0.2, 0) is 6.54 Å². The quantitative estimate of drug-likeness (QED) is 0.476. The van der Waals surface area contributed by atoms with Gasteiger partial charge in [-0.2, -0.15) is 9.61 Å². The van der Waals surface area contributed by atoms with Crippen LogP contribution in [0.2, 0.25) is 0 Å². The Bertz CT molecular complexity index is 1400. The van der Waals surface area contributed by atoms with Crippen LogP contribution in [0.5, 0.6) is 5.75 Å². The zero-order chi connectivity index (χ0) is 21.2. The van der Waals surface area contributed by atoms with Crippen molar-refractivity contribution in [2.24, 2.45) is 0 Å². The molecule has 0 bridgehead atoms. The van der Waals surface area contributed by atoms with Crippen LogP contribution in [0.4, 0.5) is 0 Å². The molecule has 31 heavy (non-hydrogen) atoms. The fraction of sp³-hybridized carbons (Fsp3) is 0.0833. The smallest absolute Gasteiger partial charge is 0.255 e. The zero-order valence-electron chi connectivity index (χ0n) is 16.8. The lowest BCUT2D eigenvalue weighted by Gasteiger charge is -2.10. The van der Waals surface area contributed by atoms with Gasteiger partial charge in [0, 0.05) is 16.3 Å². The minimum Gasteiger partial charge on any atom is -0.496 e. The molecule has 0 saturated heterocycles. The van der Waals surface area contributed by atoms with E-state index >= 15 is 0 Å². The Labute approximate surface area is 178 Å². The van der Waals surface area contributed by atoms with Gasteiger partial charge >= 0.3 is 0 Å². The van der Waals surface area contributed by atoms with Crippen LogP contribution >= 0.6 is 0 Å². The average Bonchev–Trinajstić information content (AvgIpc) is 3.25. The third-order valence-corrected chi connectivity index (χ3v) is 5.13. The molecule has 2 aromatic heterocycles. The van der Waals surface area contributed by atoms with E-state index < -0.39 is 0 Å². The molecule has 7 nitrogen and oxygen atoms in total. The normalized spacial score (nSPS) is 11.0. The molecule has 0 unspecified atom stereocenters. The maximum Gasteiger partial charge on any atom is 0.255 e. The Balaban J connectivity index is 1.55. The lowest BCUT2D eigenvalue weighted by molar-refractivity contribution is 0.0946. The molecule has 5 aromatic rings. The van der Waals surface area contributed by atoms with Crippen LogP contribution in [0.15, 0.2) is 78.9 Å². The Morgan fingerprint density at radius 3 is 2.42 bits per heavy atom. The minimum atomic E-state index is -0.252. The number of methoxy groups -OCH3 is 1. The van der Waals surface area contributed by atoms with Crippen molar-refractivity contribution in [2.45, 2.75) is 6.54 Å². The number of benzene rings is 3. The number of para-hydroxylation sites is 1. The van der Waals surface area contributed by atoms with E-state index in [2.05, 4.69) is 15.5 Å². The molecule has 1 N–H and O–H groups in total. The Hall–Kier alpha value is -4.26. The summed E-state index contributed by atoms with van der Waals surface area (Å²) in [6.45, 7) is 0.178. The molecular formula is C24H19N5O2. The third kappa shape index (κ3) is 3.36. The number of ether oxygens (including phenoxy) is 1. The van der Waals surface area contributed by atoms with Crippen LogP contribution in [0.1, 0.15) is 16.2 Å². The maximum atomic E-state index is 12.7. The molecule has 152 valence electrons. The number of nitrogens with zero attached hydrogens (tertiary/aromatic N) is 4. The first-order valence-electron chi connectivity index (χ1n) is 9.86. The van der Waals surface area contributed by atoms with E-state index in [0.717, 1.165) is 22.0 Å². The van der Waals surface area contributed by atoms with E-state index in [9.17, 15) is 4.79 Å². The van der Waals surface area contributed by atoms with Gasteiger partial charge < -0.3 is 10.1 Å². The highest BCUT2D eigenvalue weighted by Gasteiger charge is 2.17. The summed E-state index contributed by atoms with van der Waals surface area (Å²) in [6, 6.07) is 25.1. The monoisotopic (exact) mass is 409 g/mol. The van der Waals surface area contributed by atoms with E-state index in [1.54, 1.807) is 22.7 Å². The fourth-order valence-electron chi connectivity index (χ4n) is 3.63. The molecule has 0 aliphatic rings. The van der Waals surface area contributed by atoms with Crippen molar-refractivity contribution in [3.8, 4) is 17.0 Å². The second-order valence-electron chi connectivity index (χ2n) is 6.99. The molecule has 2 heterocycles. The highest BCUT2D eigenvalue weighted by molar-refractivity contribution is 6.01. The zero-order valence-corrected chi connectivity index (χ0v) is 16.8. The Morgan fingerprint density at radius 2 is 1.61 bits per heavy atom. The third-order valence-electron chi connectivity index (χ3n) is 5.13.